The SMILES string of the molecule is COc1ccc(OC)c(NC(=O)CSc2ncc(C(=O)Nc3ccc(Cl)cc3)c(=O)n2C)c1. The van der Waals surface area contributed by atoms with Gasteiger partial charge in [-0.05, 0) is 36.4 Å². The van der Waals surface area contributed by atoms with E-state index in [9.17, 15) is 14.4 Å². The van der Waals surface area contributed by atoms with Gasteiger partial charge < -0.3 is 20.1 Å². The molecule has 0 bridgehead atoms. The zero-order valence-corrected chi connectivity index (χ0v) is 19.6. The second-order valence-corrected chi connectivity index (χ2v) is 8.06. The van der Waals surface area contributed by atoms with Crippen LogP contribution in [0.25, 0.3) is 0 Å². The lowest BCUT2D eigenvalue weighted by molar-refractivity contribution is -0.113. The maximum absolute atomic E-state index is 12.7. The molecule has 172 valence electrons. The van der Waals surface area contributed by atoms with Gasteiger partial charge in [-0.15, -0.1) is 0 Å². The Morgan fingerprint density at radius 3 is 2.48 bits per heavy atom. The van der Waals surface area contributed by atoms with Crippen LogP contribution >= 0.6 is 23.4 Å². The topological polar surface area (TPSA) is 112 Å². The number of nitrogens with zero attached hydrogens (tertiary/aromatic N) is 2. The van der Waals surface area contributed by atoms with Crippen LogP contribution in [0.3, 0.4) is 0 Å². The van der Waals surface area contributed by atoms with E-state index in [1.165, 1.54) is 32.0 Å². The van der Waals surface area contributed by atoms with E-state index >= 15 is 0 Å². The molecule has 0 aliphatic heterocycles. The number of nitrogens with one attached hydrogen (secondary N) is 2. The highest BCUT2D eigenvalue weighted by atomic mass is 35.5. The normalized spacial score (nSPS) is 10.4. The summed E-state index contributed by atoms with van der Waals surface area (Å²) in [6.07, 6.45) is 1.19. The maximum atomic E-state index is 12.7. The first-order valence-corrected chi connectivity index (χ1v) is 11.0. The molecule has 0 radical (unpaired) electrons. The number of rotatable bonds is 8. The van der Waals surface area contributed by atoms with Crippen molar-refractivity contribution in [3.8, 4) is 11.5 Å². The van der Waals surface area contributed by atoms with Crippen LogP contribution in [0, 0.1) is 0 Å². The summed E-state index contributed by atoms with van der Waals surface area (Å²) in [5.74, 6) is 0.109. The molecule has 0 unspecified atom stereocenters. The molecular weight excluding hydrogens is 468 g/mol. The van der Waals surface area contributed by atoms with Crippen LogP contribution in [-0.2, 0) is 11.8 Å². The number of carbonyl (C=O) groups is 2. The Morgan fingerprint density at radius 1 is 1.09 bits per heavy atom. The Morgan fingerprint density at radius 2 is 1.82 bits per heavy atom. The number of benzene rings is 2. The average molecular weight is 489 g/mol. The quantitative estimate of drug-likeness (QED) is 0.369. The molecule has 0 saturated carbocycles. The molecule has 11 heteroatoms. The standard InChI is InChI=1S/C22H21ClN4O5S/c1-27-21(30)16(20(29)25-14-6-4-13(23)5-7-14)11-24-22(27)33-12-19(28)26-17-10-15(31-2)8-9-18(17)32-3/h4-11H,12H2,1-3H3,(H,25,29)(H,26,28). The van der Waals surface area contributed by atoms with Gasteiger partial charge in [0.2, 0.25) is 5.91 Å². The van der Waals surface area contributed by atoms with Crippen LogP contribution in [-0.4, -0.2) is 41.3 Å². The van der Waals surface area contributed by atoms with Crippen LogP contribution in [0.15, 0.2) is 58.6 Å². The van der Waals surface area contributed by atoms with E-state index < -0.39 is 11.5 Å². The van der Waals surface area contributed by atoms with Gasteiger partial charge in [-0.25, -0.2) is 4.98 Å². The molecule has 0 atom stereocenters. The van der Waals surface area contributed by atoms with Gasteiger partial charge in [-0.3, -0.25) is 19.0 Å². The van der Waals surface area contributed by atoms with Crippen molar-refractivity contribution in [3.63, 3.8) is 0 Å². The number of carbonyl (C=O) groups excluding carboxylic acids is 2. The number of hydrogen-bond donors (Lipinski definition) is 2. The molecule has 0 spiro atoms. The zero-order chi connectivity index (χ0) is 24.0. The lowest BCUT2D eigenvalue weighted by atomic mass is 10.2. The number of amides is 2. The highest BCUT2D eigenvalue weighted by molar-refractivity contribution is 7.99. The van der Waals surface area contributed by atoms with Crippen molar-refractivity contribution in [2.24, 2.45) is 7.05 Å². The Bertz CT molecular complexity index is 1230. The highest BCUT2D eigenvalue weighted by Gasteiger charge is 2.16. The third-order valence-electron chi connectivity index (χ3n) is 4.49. The molecule has 2 amide bonds. The van der Waals surface area contributed by atoms with E-state index in [0.717, 1.165) is 11.8 Å². The van der Waals surface area contributed by atoms with E-state index in [1.807, 2.05) is 0 Å². The fourth-order valence-corrected chi connectivity index (χ4v) is 3.64. The van der Waals surface area contributed by atoms with Crippen LogP contribution < -0.4 is 25.7 Å². The Labute approximate surface area is 199 Å². The van der Waals surface area contributed by atoms with Crippen LogP contribution in [0.2, 0.25) is 5.02 Å². The predicted molar refractivity (Wildman–Crippen MR) is 128 cm³/mol. The van der Waals surface area contributed by atoms with E-state index in [0.29, 0.717) is 27.9 Å². The number of anilines is 2. The number of methoxy groups -OCH3 is 2. The minimum Gasteiger partial charge on any atom is -0.497 e. The number of thioether (sulfide) groups is 1. The summed E-state index contributed by atoms with van der Waals surface area (Å²) in [4.78, 5) is 41.7. The molecule has 0 aliphatic rings. The molecule has 3 rings (SSSR count). The minimum atomic E-state index is -0.593. The minimum absolute atomic E-state index is 0.0169. The lowest BCUT2D eigenvalue weighted by Gasteiger charge is -2.12. The summed E-state index contributed by atoms with van der Waals surface area (Å²) in [5.41, 5.74) is 0.296. The second-order valence-electron chi connectivity index (χ2n) is 6.68. The molecule has 1 heterocycles. The third kappa shape index (κ3) is 6.05. The Hall–Kier alpha value is -3.50. The summed E-state index contributed by atoms with van der Waals surface area (Å²) in [6.45, 7) is 0. The molecule has 2 aromatic carbocycles. The molecule has 33 heavy (non-hydrogen) atoms. The first kappa shape index (κ1) is 24.1. The molecular formula is C22H21ClN4O5S. The fraction of sp³-hybridized carbons (Fsp3) is 0.182. The average Bonchev–Trinajstić information content (AvgIpc) is 2.81. The van der Waals surface area contributed by atoms with Gasteiger partial charge in [0.05, 0.1) is 25.7 Å². The van der Waals surface area contributed by atoms with Crippen LogP contribution in [0.1, 0.15) is 10.4 Å². The fourth-order valence-electron chi connectivity index (χ4n) is 2.78. The van der Waals surface area contributed by atoms with Gasteiger partial charge in [0.1, 0.15) is 17.1 Å². The number of hydrogen-bond acceptors (Lipinski definition) is 7. The van der Waals surface area contributed by atoms with Gasteiger partial charge in [-0.2, -0.15) is 0 Å². The van der Waals surface area contributed by atoms with E-state index in [2.05, 4.69) is 15.6 Å². The molecule has 1 aromatic heterocycles. The smallest absolute Gasteiger partial charge is 0.266 e. The van der Waals surface area contributed by atoms with Crippen molar-refractivity contribution in [1.82, 2.24) is 9.55 Å². The maximum Gasteiger partial charge on any atom is 0.266 e. The monoisotopic (exact) mass is 488 g/mol. The lowest BCUT2D eigenvalue weighted by Crippen LogP contribution is -2.29. The largest absolute Gasteiger partial charge is 0.497 e. The molecule has 2 N–H and O–H groups in total. The van der Waals surface area contributed by atoms with Crippen molar-refractivity contribution in [2.75, 3.05) is 30.6 Å². The molecule has 0 fully saturated rings. The van der Waals surface area contributed by atoms with Crippen LogP contribution in [0.5, 0.6) is 11.5 Å². The molecule has 9 nitrogen and oxygen atoms in total. The third-order valence-corrected chi connectivity index (χ3v) is 5.78. The van der Waals surface area contributed by atoms with Crippen molar-refractivity contribution >= 4 is 46.6 Å². The van der Waals surface area contributed by atoms with E-state index in [1.54, 1.807) is 42.5 Å². The molecule has 0 saturated heterocycles. The van der Waals surface area contributed by atoms with Crippen LogP contribution in [0.4, 0.5) is 11.4 Å². The van der Waals surface area contributed by atoms with Crippen molar-refractivity contribution in [1.29, 1.82) is 0 Å². The van der Waals surface area contributed by atoms with E-state index in [4.69, 9.17) is 21.1 Å². The summed E-state index contributed by atoms with van der Waals surface area (Å²) in [7, 11) is 4.51. The Kier molecular flexibility index (Phi) is 7.96. The summed E-state index contributed by atoms with van der Waals surface area (Å²) in [6, 6.07) is 11.5. The van der Waals surface area contributed by atoms with Crippen molar-refractivity contribution < 1.29 is 19.1 Å². The van der Waals surface area contributed by atoms with Gasteiger partial charge >= 0.3 is 0 Å². The number of halogens is 1. The number of ether oxygens (including phenoxy) is 2. The summed E-state index contributed by atoms with van der Waals surface area (Å²) in [5, 5.41) is 6.19. The van der Waals surface area contributed by atoms with Crippen molar-refractivity contribution in [3.05, 3.63) is 69.6 Å². The Balaban J connectivity index is 1.67. The first-order valence-electron chi connectivity index (χ1n) is 9.60. The van der Waals surface area contributed by atoms with Gasteiger partial charge in [0, 0.05) is 30.0 Å². The highest BCUT2D eigenvalue weighted by Crippen LogP contribution is 2.29. The summed E-state index contributed by atoms with van der Waals surface area (Å²) >= 11 is 6.90. The van der Waals surface area contributed by atoms with Gasteiger partial charge in [-0.1, -0.05) is 23.4 Å². The van der Waals surface area contributed by atoms with Gasteiger partial charge in [0.15, 0.2) is 5.16 Å². The second kappa shape index (κ2) is 10.9. The first-order chi connectivity index (χ1) is 15.8. The van der Waals surface area contributed by atoms with E-state index in [-0.39, 0.29) is 22.4 Å². The molecule has 0 aliphatic carbocycles. The van der Waals surface area contributed by atoms with Gasteiger partial charge in [0.25, 0.3) is 11.5 Å². The zero-order valence-electron chi connectivity index (χ0n) is 18.0. The predicted octanol–water partition coefficient (Wildman–Crippen LogP) is 3.43. The molecule has 3 aromatic rings. The van der Waals surface area contributed by atoms with Crippen molar-refractivity contribution in [2.45, 2.75) is 5.16 Å². The summed E-state index contributed by atoms with van der Waals surface area (Å²) < 4.78 is 11.6. The number of aromatic nitrogens is 2.